The highest BCUT2D eigenvalue weighted by molar-refractivity contribution is 7.05. The quantitative estimate of drug-likeness (QED) is 0.878. The summed E-state index contributed by atoms with van der Waals surface area (Å²) in [6.45, 7) is 8.79. The Morgan fingerprint density at radius 2 is 2.05 bits per heavy atom. The number of hydrogen-bond acceptors (Lipinski definition) is 4. The second-order valence-corrected chi connectivity index (χ2v) is 6.09. The summed E-state index contributed by atoms with van der Waals surface area (Å²) in [5.41, 5.74) is 3.60. The highest BCUT2D eigenvalue weighted by atomic mass is 32.1. The molecule has 3 nitrogen and oxygen atoms in total. The highest BCUT2D eigenvalue weighted by Crippen LogP contribution is 2.32. The first-order valence-electron chi connectivity index (χ1n) is 7.39. The zero-order chi connectivity index (χ0) is 15.4. The Bertz CT molecular complexity index is 586. The van der Waals surface area contributed by atoms with Crippen molar-refractivity contribution >= 4 is 11.5 Å². The molecule has 1 aromatic heterocycles. The van der Waals surface area contributed by atoms with Gasteiger partial charge < -0.3 is 5.32 Å². The third kappa shape index (κ3) is 3.47. The van der Waals surface area contributed by atoms with Gasteiger partial charge in [0.15, 0.2) is 0 Å². The van der Waals surface area contributed by atoms with Crippen molar-refractivity contribution in [3.05, 3.63) is 45.2 Å². The number of benzene rings is 1. The van der Waals surface area contributed by atoms with Crippen LogP contribution in [0.2, 0.25) is 0 Å². The fraction of sp³-hybridized carbons (Fsp3) is 0.500. The van der Waals surface area contributed by atoms with Crippen molar-refractivity contribution < 1.29 is 4.39 Å². The van der Waals surface area contributed by atoms with Gasteiger partial charge in [-0.25, -0.2) is 4.39 Å². The van der Waals surface area contributed by atoms with Crippen LogP contribution in [0.5, 0.6) is 0 Å². The van der Waals surface area contributed by atoms with Gasteiger partial charge in [-0.1, -0.05) is 30.8 Å². The van der Waals surface area contributed by atoms with E-state index in [0.29, 0.717) is 5.56 Å². The second kappa shape index (κ2) is 7.09. The standard InChI is InChI=1S/C16H22FN3S/c1-5-7-13-16(21-20-19-13)15(18-6-2)14-11(4)8-10(3)9-12(14)17/h8-9,15,18H,5-7H2,1-4H3. The molecule has 0 aliphatic rings. The predicted octanol–water partition coefficient (Wildman–Crippen LogP) is 3.95. The number of halogens is 1. The number of aromatic nitrogens is 2. The summed E-state index contributed by atoms with van der Waals surface area (Å²) < 4.78 is 18.6. The lowest BCUT2D eigenvalue weighted by atomic mass is 9.96. The lowest BCUT2D eigenvalue weighted by Gasteiger charge is -2.21. The smallest absolute Gasteiger partial charge is 0.128 e. The zero-order valence-electron chi connectivity index (χ0n) is 13.0. The summed E-state index contributed by atoms with van der Waals surface area (Å²) in [5.74, 6) is -0.158. The summed E-state index contributed by atoms with van der Waals surface area (Å²) in [6.07, 6.45) is 1.88. The highest BCUT2D eigenvalue weighted by Gasteiger charge is 2.24. The summed E-state index contributed by atoms with van der Waals surface area (Å²) in [4.78, 5) is 1.03. The van der Waals surface area contributed by atoms with Gasteiger partial charge in [0, 0.05) is 5.56 Å². The number of rotatable bonds is 6. The van der Waals surface area contributed by atoms with Crippen LogP contribution in [0.4, 0.5) is 4.39 Å². The number of aryl methyl sites for hydroxylation is 3. The Labute approximate surface area is 129 Å². The van der Waals surface area contributed by atoms with Crippen molar-refractivity contribution in [1.82, 2.24) is 14.9 Å². The van der Waals surface area contributed by atoms with Crippen LogP contribution in [0.25, 0.3) is 0 Å². The molecule has 1 unspecified atom stereocenters. The molecule has 0 saturated carbocycles. The molecule has 1 N–H and O–H groups in total. The van der Waals surface area contributed by atoms with Gasteiger partial charge in [-0.05, 0) is 55.5 Å². The first kappa shape index (κ1) is 16.0. The van der Waals surface area contributed by atoms with E-state index in [1.807, 2.05) is 26.8 Å². The van der Waals surface area contributed by atoms with Crippen molar-refractivity contribution in [3.8, 4) is 0 Å². The molecule has 0 fully saturated rings. The van der Waals surface area contributed by atoms with E-state index in [1.54, 1.807) is 6.07 Å². The molecule has 2 rings (SSSR count). The first-order valence-corrected chi connectivity index (χ1v) is 8.16. The normalized spacial score (nSPS) is 12.6. The predicted molar refractivity (Wildman–Crippen MR) is 85.3 cm³/mol. The lowest BCUT2D eigenvalue weighted by molar-refractivity contribution is 0.556. The van der Waals surface area contributed by atoms with Crippen LogP contribution < -0.4 is 5.32 Å². The molecule has 0 aliphatic heterocycles. The summed E-state index contributed by atoms with van der Waals surface area (Å²) >= 11 is 1.36. The Hall–Kier alpha value is -1.33. The minimum atomic E-state index is -0.169. The minimum Gasteiger partial charge on any atom is -0.306 e. The third-order valence-corrected chi connectivity index (χ3v) is 4.34. The van der Waals surface area contributed by atoms with E-state index in [-0.39, 0.29) is 11.9 Å². The molecule has 0 spiro atoms. The molecule has 0 saturated heterocycles. The molecule has 0 radical (unpaired) electrons. The van der Waals surface area contributed by atoms with Crippen LogP contribution in [-0.2, 0) is 6.42 Å². The van der Waals surface area contributed by atoms with Crippen molar-refractivity contribution in [2.24, 2.45) is 0 Å². The third-order valence-electron chi connectivity index (χ3n) is 3.51. The SMILES string of the molecule is CCCc1nnsc1C(NCC)c1c(C)cc(C)cc1F. The Morgan fingerprint density at radius 1 is 1.29 bits per heavy atom. The van der Waals surface area contributed by atoms with Gasteiger partial charge in [0.25, 0.3) is 0 Å². The maximum atomic E-state index is 14.5. The molecule has 0 aliphatic carbocycles. The van der Waals surface area contributed by atoms with E-state index < -0.39 is 0 Å². The van der Waals surface area contributed by atoms with Gasteiger partial charge >= 0.3 is 0 Å². The zero-order valence-corrected chi connectivity index (χ0v) is 13.9. The summed E-state index contributed by atoms with van der Waals surface area (Å²) in [7, 11) is 0. The number of nitrogens with one attached hydrogen (secondary N) is 1. The van der Waals surface area contributed by atoms with Crippen molar-refractivity contribution in [2.75, 3.05) is 6.54 Å². The first-order chi connectivity index (χ1) is 10.1. The Kier molecular flexibility index (Phi) is 5.42. The number of hydrogen-bond donors (Lipinski definition) is 1. The van der Waals surface area contributed by atoms with Gasteiger partial charge in [0.05, 0.1) is 16.6 Å². The van der Waals surface area contributed by atoms with Crippen LogP contribution in [0, 0.1) is 19.7 Å². The molecule has 5 heteroatoms. The molecule has 114 valence electrons. The molecule has 1 atom stereocenters. The summed E-state index contributed by atoms with van der Waals surface area (Å²) in [6, 6.07) is 3.45. The maximum absolute atomic E-state index is 14.5. The molecule has 21 heavy (non-hydrogen) atoms. The van der Waals surface area contributed by atoms with Gasteiger partial charge in [0.2, 0.25) is 0 Å². The molecule has 0 amide bonds. The van der Waals surface area contributed by atoms with Crippen LogP contribution in [0.1, 0.15) is 53.6 Å². The van der Waals surface area contributed by atoms with Gasteiger partial charge in [-0.2, -0.15) is 0 Å². The molecule has 0 bridgehead atoms. The van der Waals surface area contributed by atoms with Crippen LogP contribution in [-0.4, -0.2) is 16.1 Å². The average Bonchev–Trinajstić information content (AvgIpc) is 2.85. The van der Waals surface area contributed by atoms with Crippen molar-refractivity contribution in [3.63, 3.8) is 0 Å². The van der Waals surface area contributed by atoms with E-state index in [9.17, 15) is 4.39 Å². The van der Waals surface area contributed by atoms with E-state index in [0.717, 1.165) is 41.1 Å². The Morgan fingerprint density at radius 3 is 2.67 bits per heavy atom. The van der Waals surface area contributed by atoms with E-state index >= 15 is 0 Å². The van der Waals surface area contributed by atoms with Crippen molar-refractivity contribution in [1.29, 1.82) is 0 Å². The van der Waals surface area contributed by atoms with Crippen LogP contribution in [0.15, 0.2) is 12.1 Å². The molecule has 1 heterocycles. The molecule has 1 aromatic carbocycles. The van der Waals surface area contributed by atoms with Gasteiger partial charge in [-0.3, -0.25) is 0 Å². The molecule has 2 aromatic rings. The fourth-order valence-electron chi connectivity index (χ4n) is 2.67. The van der Waals surface area contributed by atoms with Gasteiger partial charge in [0.1, 0.15) is 5.82 Å². The minimum absolute atomic E-state index is 0.158. The van der Waals surface area contributed by atoms with E-state index in [1.165, 1.54) is 11.5 Å². The van der Waals surface area contributed by atoms with Crippen molar-refractivity contribution in [2.45, 2.75) is 46.6 Å². The van der Waals surface area contributed by atoms with Gasteiger partial charge in [-0.15, -0.1) is 5.10 Å². The Balaban J connectivity index is 2.51. The van der Waals surface area contributed by atoms with E-state index in [2.05, 4.69) is 21.8 Å². The number of nitrogens with zero attached hydrogens (tertiary/aromatic N) is 2. The largest absolute Gasteiger partial charge is 0.306 e. The van der Waals surface area contributed by atoms with Crippen LogP contribution in [0.3, 0.4) is 0 Å². The molecular formula is C16H22FN3S. The second-order valence-electron chi connectivity index (χ2n) is 5.30. The lowest BCUT2D eigenvalue weighted by Crippen LogP contribution is -2.24. The monoisotopic (exact) mass is 307 g/mol. The maximum Gasteiger partial charge on any atom is 0.128 e. The summed E-state index contributed by atoms with van der Waals surface area (Å²) in [5, 5.41) is 7.61. The topological polar surface area (TPSA) is 37.8 Å². The fourth-order valence-corrected chi connectivity index (χ4v) is 3.45. The van der Waals surface area contributed by atoms with E-state index in [4.69, 9.17) is 0 Å². The molecular weight excluding hydrogens is 285 g/mol. The van der Waals surface area contributed by atoms with Crippen LogP contribution >= 0.6 is 11.5 Å². The average molecular weight is 307 g/mol.